The zero-order valence-corrected chi connectivity index (χ0v) is 14.7. The number of amides is 1. The van der Waals surface area contributed by atoms with Crippen molar-refractivity contribution in [1.29, 1.82) is 0 Å². The quantitative estimate of drug-likeness (QED) is 0.834. The second-order valence-corrected chi connectivity index (χ2v) is 7.71. The molecular weight excluding hydrogens is 318 g/mol. The van der Waals surface area contributed by atoms with Crippen LogP contribution in [0.25, 0.3) is 0 Å². The molecule has 2 saturated heterocycles. The van der Waals surface area contributed by atoms with Crippen molar-refractivity contribution in [3.63, 3.8) is 0 Å². The van der Waals surface area contributed by atoms with E-state index in [2.05, 4.69) is 5.10 Å². The van der Waals surface area contributed by atoms with E-state index in [0.717, 1.165) is 44.5 Å². The van der Waals surface area contributed by atoms with Crippen molar-refractivity contribution in [2.45, 2.75) is 51.0 Å². The van der Waals surface area contributed by atoms with Gasteiger partial charge in [-0.15, -0.1) is 0 Å². The number of hydrogen-bond donors (Lipinski definition) is 0. The molecule has 3 heterocycles. The Morgan fingerprint density at radius 1 is 1.08 bits per heavy atom. The zero-order chi connectivity index (χ0) is 17.2. The highest BCUT2D eigenvalue weighted by molar-refractivity contribution is 5.79. The maximum Gasteiger partial charge on any atom is 0.266 e. The van der Waals surface area contributed by atoms with Gasteiger partial charge in [-0.3, -0.25) is 9.59 Å². The van der Waals surface area contributed by atoms with Crippen molar-refractivity contribution in [1.82, 2.24) is 14.7 Å². The van der Waals surface area contributed by atoms with Gasteiger partial charge in [-0.2, -0.15) is 5.10 Å². The summed E-state index contributed by atoms with van der Waals surface area (Å²) in [5.41, 5.74) is 1.05. The molecule has 0 bridgehead atoms. The van der Waals surface area contributed by atoms with Crippen molar-refractivity contribution >= 4 is 5.91 Å². The molecule has 0 aromatic carbocycles. The Kier molecular flexibility index (Phi) is 4.88. The fraction of sp³-hybridized carbons (Fsp3) is 0.737. The predicted molar refractivity (Wildman–Crippen MR) is 93.3 cm³/mol. The van der Waals surface area contributed by atoms with E-state index in [0.29, 0.717) is 37.5 Å². The summed E-state index contributed by atoms with van der Waals surface area (Å²) in [7, 11) is 0. The minimum atomic E-state index is -0.00916. The zero-order valence-electron chi connectivity index (χ0n) is 14.7. The molecule has 1 aromatic heterocycles. The average molecular weight is 345 g/mol. The number of hydrogen-bond acceptors (Lipinski definition) is 4. The number of piperidine rings is 1. The molecule has 0 N–H and O–H groups in total. The summed E-state index contributed by atoms with van der Waals surface area (Å²) in [6, 6.07) is 3.54. The predicted octanol–water partition coefficient (Wildman–Crippen LogP) is 1.79. The maximum atomic E-state index is 12.6. The summed E-state index contributed by atoms with van der Waals surface area (Å²) in [5.74, 6) is 1.43. The molecule has 25 heavy (non-hydrogen) atoms. The molecule has 136 valence electrons. The highest BCUT2D eigenvalue weighted by Gasteiger charge is 2.30. The molecular formula is C19H27N3O3. The molecule has 0 atom stereocenters. The van der Waals surface area contributed by atoms with Crippen LogP contribution in [0, 0.1) is 11.8 Å². The molecule has 1 aliphatic carbocycles. The molecule has 0 spiro atoms. The summed E-state index contributed by atoms with van der Waals surface area (Å²) < 4.78 is 7.00. The fourth-order valence-corrected chi connectivity index (χ4v) is 3.98. The molecule has 0 radical (unpaired) electrons. The third kappa shape index (κ3) is 3.94. The number of aromatic nitrogens is 2. The Balaban J connectivity index is 1.32. The standard InChI is InChI=1S/C19H27N3O3/c23-18-4-3-17(15-1-2-15)20-22(18)13-14-5-9-21(10-6-14)19(24)16-7-11-25-12-8-16/h3-4,14-16H,1-2,5-13H2. The lowest BCUT2D eigenvalue weighted by atomic mass is 9.93. The van der Waals surface area contributed by atoms with Crippen LogP contribution in [0.4, 0.5) is 0 Å². The number of nitrogens with zero attached hydrogens (tertiary/aromatic N) is 3. The van der Waals surface area contributed by atoms with E-state index in [-0.39, 0.29) is 11.5 Å². The van der Waals surface area contributed by atoms with Crippen molar-refractivity contribution in [2.75, 3.05) is 26.3 Å². The largest absolute Gasteiger partial charge is 0.381 e. The first-order chi connectivity index (χ1) is 12.2. The van der Waals surface area contributed by atoms with Crippen LogP contribution in [-0.4, -0.2) is 46.9 Å². The summed E-state index contributed by atoms with van der Waals surface area (Å²) in [6.07, 6.45) is 6.00. The van der Waals surface area contributed by atoms with Gasteiger partial charge in [0.2, 0.25) is 5.91 Å². The highest BCUT2D eigenvalue weighted by atomic mass is 16.5. The summed E-state index contributed by atoms with van der Waals surface area (Å²) in [4.78, 5) is 26.7. The van der Waals surface area contributed by atoms with Gasteiger partial charge in [0.05, 0.1) is 5.69 Å². The van der Waals surface area contributed by atoms with Crippen LogP contribution in [0.15, 0.2) is 16.9 Å². The van der Waals surface area contributed by atoms with Gasteiger partial charge in [-0.1, -0.05) is 0 Å². The van der Waals surface area contributed by atoms with Gasteiger partial charge >= 0.3 is 0 Å². The lowest BCUT2D eigenvalue weighted by molar-refractivity contribution is -0.140. The summed E-state index contributed by atoms with van der Waals surface area (Å²) in [6.45, 7) is 3.70. The van der Waals surface area contributed by atoms with E-state index in [4.69, 9.17) is 4.74 Å². The first kappa shape index (κ1) is 16.8. The van der Waals surface area contributed by atoms with E-state index >= 15 is 0 Å². The minimum absolute atomic E-state index is 0.00916. The SMILES string of the molecule is O=C(C1CCOCC1)N1CCC(Cn2nc(C3CC3)ccc2=O)CC1. The van der Waals surface area contributed by atoms with Crippen LogP contribution in [0.1, 0.15) is 50.1 Å². The molecule has 0 unspecified atom stereocenters. The first-order valence-electron chi connectivity index (χ1n) is 9.65. The van der Waals surface area contributed by atoms with Crippen molar-refractivity contribution in [3.8, 4) is 0 Å². The molecule has 1 amide bonds. The second-order valence-electron chi connectivity index (χ2n) is 7.71. The fourth-order valence-electron chi connectivity index (χ4n) is 3.98. The van der Waals surface area contributed by atoms with Gasteiger partial charge in [0.15, 0.2) is 0 Å². The van der Waals surface area contributed by atoms with E-state index < -0.39 is 0 Å². The maximum absolute atomic E-state index is 12.6. The van der Waals surface area contributed by atoms with Crippen LogP contribution >= 0.6 is 0 Å². The van der Waals surface area contributed by atoms with Crippen LogP contribution in [0.3, 0.4) is 0 Å². The normalized spacial score (nSPS) is 23.0. The number of rotatable bonds is 4. The Morgan fingerprint density at radius 2 is 1.80 bits per heavy atom. The molecule has 3 fully saturated rings. The average Bonchev–Trinajstić information content (AvgIpc) is 3.49. The lowest BCUT2D eigenvalue weighted by Gasteiger charge is -2.35. The Hall–Kier alpha value is -1.69. The smallest absolute Gasteiger partial charge is 0.266 e. The third-order valence-corrected chi connectivity index (χ3v) is 5.81. The van der Waals surface area contributed by atoms with Crippen molar-refractivity contribution in [3.05, 3.63) is 28.2 Å². The monoisotopic (exact) mass is 345 g/mol. The number of carbonyl (C=O) groups excluding carboxylic acids is 1. The molecule has 1 aromatic rings. The summed E-state index contributed by atoms with van der Waals surface area (Å²) in [5, 5.41) is 4.57. The van der Waals surface area contributed by atoms with Gasteiger partial charge in [0.25, 0.3) is 5.56 Å². The Labute approximate surface area is 148 Å². The topological polar surface area (TPSA) is 64.4 Å². The van der Waals surface area contributed by atoms with Crippen molar-refractivity contribution in [2.24, 2.45) is 11.8 Å². The number of ether oxygens (including phenoxy) is 1. The number of carbonyl (C=O) groups is 1. The van der Waals surface area contributed by atoms with Crippen LogP contribution in [0.5, 0.6) is 0 Å². The minimum Gasteiger partial charge on any atom is -0.381 e. The molecule has 6 heteroatoms. The van der Waals surface area contributed by atoms with Crippen LogP contribution in [0.2, 0.25) is 0 Å². The summed E-state index contributed by atoms with van der Waals surface area (Å²) >= 11 is 0. The molecule has 6 nitrogen and oxygen atoms in total. The lowest BCUT2D eigenvalue weighted by Crippen LogP contribution is -2.44. The van der Waals surface area contributed by atoms with E-state index in [1.165, 1.54) is 12.8 Å². The van der Waals surface area contributed by atoms with E-state index in [1.807, 2.05) is 11.0 Å². The molecule has 3 aliphatic rings. The molecule has 1 saturated carbocycles. The van der Waals surface area contributed by atoms with Crippen molar-refractivity contribution < 1.29 is 9.53 Å². The van der Waals surface area contributed by atoms with Gasteiger partial charge in [0, 0.05) is 50.8 Å². The van der Waals surface area contributed by atoms with E-state index in [1.54, 1.807) is 10.7 Å². The second kappa shape index (κ2) is 7.28. The molecule has 2 aliphatic heterocycles. The van der Waals surface area contributed by atoms with Crippen LogP contribution in [-0.2, 0) is 16.1 Å². The Morgan fingerprint density at radius 3 is 2.48 bits per heavy atom. The van der Waals surface area contributed by atoms with Gasteiger partial charge in [-0.05, 0) is 50.5 Å². The number of likely N-dealkylation sites (tertiary alicyclic amines) is 1. The third-order valence-electron chi connectivity index (χ3n) is 5.81. The molecule has 4 rings (SSSR count). The van der Waals surface area contributed by atoms with Crippen LogP contribution < -0.4 is 5.56 Å². The Bertz CT molecular complexity index is 669. The van der Waals surface area contributed by atoms with E-state index in [9.17, 15) is 9.59 Å². The van der Waals surface area contributed by atoms with Gasteiger partial charge < -0.3 is 9.64 Å². The highest BCUT2D eigenvalue weighted by Crippen LogP contribution is 2.38. The van der Waals surface area contributed by atoms with Gasteiger partial charge in [0.1, 0.15) is 0 Å². The van der Waals surface area contributed by atoms with Gasteiger partial charge in [-0.25, -0.2) is 4.68 Å². The first-order valence-corrected chi connectivity index (χ1v) is 9.65.